The van der Waals surface area contributed by atoms with Crippen LogP contribution in [0, 0.1) is 0 Å². The number of aromatic nitrogens is 1. The van der Waals surface area contributed by atoms with Crippen molar-refractivity contribution < 1.29 is 13.2 Å². The van der Waals surface area contributed by atoms with Crippen LogP contribution in [0.25, 0.3) is 0 Å². The monoisotopic (exact) mass is 319 g/mol. The Hall–Kier alpha value is -1.18. The van der Waals surface area contributed by atoms with Gasteiger partial charge in [0.05, 0.1) is 6.26 Å². The van der Waals surface area contributed by atoms with Crippen molar-refractivity contribution in [3.05, 3.63) is 28.5 Å². The van der Waals surface area contributed by atoms with Crippen molar-refractivity contribution in [2.45, 2.75) is 19.8 Å². The van der Waals surface area contributed by atoms with Gasteiger partial charge in [-0.1, -0.05) is 25.4 Å². The first-order valence-corrected chi connectivity index (χ1v) is 8.36. The van der Waals surface area contributed by atoms with E-state index < -0.39 is 10.0 Å². The van der Waals surface area contributed by atoms with E-state index in [2.05, 4.69) is 15.0 Å². The zero-order valence-electron chi connectivity index (χ0n) is 11.6. The first kappa shape index (κ1) is 16.9. The van der Waals surface area contributed by atoms with Crippen LogP contribution in [0.4, 0.5) is 0 Å². The predicted molar refractivity (Wildman–Crippen MR) is 78.5 cm³/mol. The number of nitrogens with zero attached hydrogens (tertiary/aromatic N) is 1. The molecule has 0 spiro atoms. The van der Waals surface area contributed by atoms with E-state index in [1.807, 2.05) is 13.8 Å². The smallest absolute Gasteiger partial charge is 0.251 e. The second kappa shape index (κ2) is 7.01. The summed E-state index contributed by atoms with van der Waals surface area (Å²) >= 11 is 5.88. The summed E-state index contributed by atoms with van der Waals surface area (Å²) in [5, 5.41) is 2.87. The zero-order chi connectivity index (χ0) is 15.3. The lowest BCUT2D eigenvalue weighted by Gasteiger charge is -2.09. The molecule has 0 saturated carbocycles. The number of nitrogens with one attached hydrogen (secondary N) is 2. The van der Waals surface area contributed by atoms with Crippen molar-refractivity contribution in [3.8, 4) is 0 Å². The highest BCUT2D eigenvalue weighted by Gasteiger charge is 2.11. The van der Waals surface area contributed by atoms with Crippen molar-refractivity contribution in [3.63, 3.8) is 0 Å². The Morgan fingerprint density at radius 3 is 2.55 bits per heavy atom. The molecule has 0 bridgehead atoms. The fraction of sp³-hybridized carbons (Fsp3) is 0.500. The maximum Gasteiger partial charge on any atom is 0.251 e. The number of hydrogen-bond donors (Lipinski definition) is 2. The van der Waals surface area contributed by atoms with Crippen LogP contribution in [0.5, 0.6) is 0 Å². The van der Waals surface area contributed by atoms with Crippen molar-refractivity contribution >= 4 is 27.5 Å². The van der Waals surface area contributed by atoms with Gasteiger partial charge in [-0.15, -0.1) is 0 Å². The number of rotatable bonds is 6. The zero-order valence-corrected chi connectivity index (χ0v) is 13.2. The van der Waals surface area contributed by atoms with Gasteiger partial charge in [0.25, 0.3) is 5.91 Å². The van der Waals surface area contributed by atoms with E-state index in [1.54, 1.807) is 6.07 Å². The minimum Gasteiger partial charge on any atom is -0.351 e. The lowest BCUT2D eigenvalue weighted by Crippen LogP contribution is -2.34. The number of pyridine rings is 1. The average molecular weight is 320 g/mol. The summed E-state index contributed by atoms with van der Waals surface area (Å²) in [5.41, 5.74) is 1.14. The molecule has 0 atom stereocenters. The number of sulfonamides is 1. The van der Waals surface area contributed by atoms with Gasteiger partial charge >= 0.3 is 0 Å². The van der Waals surface area contributed by atoms with Gasteiger partial charge in [-0.3, -0.25) is 4.79 Å². The molecule has 1 aromatic heterocycles. The number of carbonyl (C=O) groups excluding carboxylic acids is 1. The molecule has 0 aliphatic rings. The molecule has 0 radical (unpaired) electrons. The van der Waals surface area contributed by atoms with Crippen molar-refractivity contribution in [2.24, 2.45) is 0 Å². The summed E-state index contributed by atoms with van der Waals surface area (Å²) in [6.07, 6.45) is 1.06. The van der Waals surface area contributed by atoms with Gasteiger partial charge in [-0.05, 0) is 18.1 Å². The highest BCUT2D eigenvalue weighted by molar-refractivity contribution is 7.88. The van der Waals surface area contributed by atoms with E-state index in [-0.39, 0.29) is 30.1 Å². The lowest BCUT2D eigenvalue weighted by molar-refractivity contribution is 0.0954. The maximum absolute atomic E-state index is 11.9. The standard InChI is InChI=1S/C12H18ClN3O3S/c1-8(2)10-6-9(7-11(13)16-10)12(17)14-4-5-15-20(3,18)19/h6-8,15H,4-5H2,1-3H3,(H,14,17). The summed E-state index contributed by atoms with van der Waals surface area (Å²) in [4.78, 5) is 16.1. The Morgan fingerprint density at radius 2 is 2.00 bits per heavy atom. The summed E-state index contributed by atoms with van der Waals surface area (Å²) in [7, 11) is -3.24. The Labute approximate surface area is 124 Å². The highest BCUT2D eigenvalue weighted by Crippen LogP contribution is 2.17. The van der Waals surface area contributed by atoms with Crippen LogP contribution in [0.1, 0.15) is 35.8 Å². The second-order valence-electron chi connectivity index (χ2n) is 4.68. The normalized spacial score (nSPS) is 11.7. The Balaban J connectivity index is 2.64. The van der Waals surface area contributed by atoms with Gasteiger partial charge in [0, 0.05) is 24.3 Å². The molecule has 6 nitrogen and oxygen atoms in total. The Morgan fingerprint density at radius 1 is 1.35 bits per heavy atom. The molecule has 0 aromatic carbocycles. The fourth-order valence-corrected chi connectivity index (χ4v) is 2.15. The molecule has 1 aromatic rings. The third-order valence-corrected chi connectivity index (χ3v) is 3.36. The van der Waals surface area contributed by atoms with E-state index in [0.29, 0.717) is 5.56 Å². The largest absolute Gasteiger partial charge is 0.351 e. The molecular weight excluding hydrogens is 302 g/mol. The lowest BCUT2D eigenvalue weighted by atomic mass is 10.1. The minimum absolute atomic E-state index is 0.139. The molecule has 1 rings (SSSR count). The maximum atomic E-state index is 11.9. The molecule has 2 N–H and O–H groups in total. The van der Waals surface area contributed by atoms with Crippen molar-refractivity contribution in [1.29, 1.82) is 0 Å². The van der Waals surface area contributed by atoms with Crippen LogP contribution in [0.2, 0.25) is 5.15 Å². The predicted octanol–water partition coefficient (Wildman–Crippen LogP) is 1.14. The number of carbonyl (C=O) groups is 1. The van der Waals surface area contributed by atoms with Crippen LogP contribution in [-0.2, 0) is 10.0 Å². The number of amides is 1. The van der Waals surface area contributed by atoms with Gasteiger partial charge in [-0.25, -0.2) is 18.1 Å². The van der Waals surface area contributed by atoms with E-state index in [9.17, 15) is 13.2 Å². The first-order chi connectivity index (χ1) is 9.19. The SMILES string of the molecule is CC(C)c1cc(C(=O)NCCNS(C)(=O)=O)cc(Cl)n1. The van der Waals surface area contributed by atoms with E-state index in [1.165, 1.54) is 6.07 Å². The third-order valence-electron chi connectivity index (χ3n) is 2.44. The molecule has 0 unspecified atom stereocenters. The molecule has 112 valence electrons. The molecule has 20 heavy (non-hydrogen) atoms. The Kier molecular flexibility index (Phi) is 5.91. The van der Waals surface area contributed by atoms with Crippen molar-refractivity contribution in [1.82, 2.24) is 15.0 Å². The summed E-state index contributed by atoms with van der Waals surface area (Å²) in [6, 6.07) is 3.16. The molecule has 0 aliphatic heterocycles. The van der Waals surface area contributed by atoms with E-state index in [4.69, 9.17) is 11.6 Å². The van der Waals surface area contributed by atoms with Crippen molar-refractivity contribution in [2.75, 3.05) is 19.3 Å². The second-order valence-corrected chi connectivity index (χ2v) is 6.90. The summed E-state index contributed by atoms with van der Waals surface area (Å²) < 4.78 is 24.0. The quantitative estimate of drug-likeness (QED) is 0.608. The van der Waals surface area contributed by atoms with Gasteiger partial charge in [-0.2, -0.15) is 0 Å². The fourth-order valence-electron chi connectivity index (χ4n) is 1.46. The van der Waals surface area contributed by atoms with Gasteiger partial charge in [0.15, 0.2) is 0 Å². The third kappa shape index (κ3) is 5.85. The van der Waals surface area contributed by atoms with Gasteiger partial charge < -0.3 is 5.32 Å². The van der Waals surface area contributed by atoms with Crippen LogP contribution >= 0.6 is 11.6 Å². The number of hydrogen-bond acceptors (Lipinski definition) is 4. The average Bonchev–Trinajstić information content (AvgIpc) is 2.32. The number of halogens is 1. The van der Waals surface area contributed by atoms with E-state index in [0.717, 1.165) is 11.9 Å². The van der Waals surface area contributed by atoms with Crippen LogP contribution in [0.15, 0.2) is 12.1 Å². The molecule has 0 aliphatic carbocycles. The van der Waals surface area contributed by atoms with E-state index >= 15 is 0 Å². The molecule has 0 saturated heterocycles. The molecule has 1 heterocycles. The highest BCUT2D eigenvalue weighted by atomic mass is 35.5. The van der Waals surface area contributed by atoms with Gasteiger partial charge in [0.2, 0.25) is 10.0 Å². The van der Waals surface area contributed by atoms with Crippen LogP contribution < -0.4 is 10.0 Å². The van der Waals surface area contributed by atoms with Gasteiger partial charge in [0.1, 0.15) is 5.15 Å². The summed E-state index contributed by atoms with van der Waals surface area (Å²) in [5.74, 6) is -0.154. The first-order valence-electron chi connectivity index (χ1n) is 6.09. The van der Waals surface area contributed by atoms with Crippen LogP contribution in [-0.4, -0.2) is 38.7 Å². The Bertz CT molecular complexity index is 588. The molecule has 0 fully saturated rings. The molecule has 1 amide bonds. The summed E-state index contributed by atoms with van der Waals surface area (Å²) in [6.45, 7) is 4.25. The molecular formula is C12H18ClN3O3S. The molecule has 8 heteroatoms. The van der Waals surface area contributed by atoms with Crippen LogP contribution in [0.3, 0.4) is 0 Å². The minimum atomic E-state index is -3.24. The topological polar surface area (TPSA) is 88.2 Å².